The first-order valence-corrected chi connectivity index (χ1v) is 10.3. The molecule has 2 N–H and O–H groups in total. The summed E-state index contributed by atoms with van der Waals surface area (Å²) >= 11 is 0. The summed E-state index contributed by atoms with van der Waals surface area (Å²) in [4.78, 5) is 7.48. The highest BCUT2D eigenvalue weighted by Gasteiger charge is 2.26. The molecule has 27 heavy (non-hydrogen) atoms. The van der Waals surface area contributed by atoms with Crippen LogP contribution in [0.2, 0.25) is 0 Å². The van der Waals surface area contributed by atoms with Crippen LogP contribution in [0.15, 0.2) is 4.99 Å². The zero-order valence-electron chi connectivity index (χ0n) is 17.4. The first-order valence-electron chi connectivity index (χ1n) is 10.3. The number of hydrogen-bond acceptors (Lipinski definition) is 3. The summed E-state index contributed by atoms with van der Waals surface area (Å²) in [5.41, 5.74) is 3.51. The van der Waals surface area contributed by atoms with Crippen LogP contribution in [-0.2, 0) is 13.6 Å². The van der Waals surface area contributed by atoms with Crippen molar-refractivity contribution in [2.75, 3.05) is 26.2 Å². The average Bonchev–Trinajstić information content (AvgIpc) is 3.31. The molecule has 154 valence electrons. The number of halogens is 1. The standard InChI is InChI=1S/C20H36N6.HI/c1-5-21-20(22-12-19-15(2)24-25(4)16(19)3)23-18-10-11-26(14-18)13-17-8-6-7-9-17;/h17-18H,5-14H2,1-4H3,(H2,21,22,23);1H. The zero-order chi connectivity index (χ0) is 18.5. The van der Waals surface area contributed by atoms with Crippen LogP contribution in [0.4, 0.5) is 0 Å². The molecular weight excluding hydrogens is 451 g/mol. The van der Waals surface area contributed by atoms with Crippen LogP contribution in [0.3, 0.4) is 0 Å². The predicted molar refractivity (Wildman–Crippen MR) is 123 cm³/mol. The molecule has 0 spiro atoms. The van der Waals surface area contributed by atoms with E-state index in [0.717, 1.165) is 30.7 Å². The lowest BCUT2D eigenvalue weighted by Crippen LogP contribution is -2.44. The van der Waals surface area contributed by atoms with Crippen LogP contribution in [0.1, 0.15) is 56.0 Å². The van der Waals surface area contributed by atoms with E-state index in [-0.39, 0.29) is 24.0 Å². The van der Waals surface area contributed by atoms with E-state index < -0.39 is 0 Å². The van der Waals surface area contributed by atoms with Gasteiger partial charge in [0, 0.05) is 50.5 Å². The lowest BCUT2D eigenvalue weighted by Gasteiger charge is -2.21. The first-order chi connectivity index (χ1) is 12.6. The molecule has 6 nitrogen and oxygen atoms in total. The van der Waals surface area contributed by atoms with Crippen LogP contribution in [-0.4, -0.2) is 52.9 Å². The van der Waals surface area contributed by atoms with Gasteiger partial charge in [0.15, 0.2) is 5.96 Å². The van der Waals surface area contributed by atoms with Crippen LogP contribution >= 0.6 is 24.0 Å². The number of aromatic nitrogens is 2. The number of likely N-dealkylation sites (tertiary alicyclic amines) is 1. The van der Waals surface area contributed by atoms with Gasteiger partial charge in [-0.05, 0) is 46.0 Å². The molecule has 2 fully saturated rings. The minimum absolute atomic E-state index is 0. The van der Waals surface area contributed by atoms with E-state index in [9.17, 15) is 0 Å². The number of rotatable bonds is 6. The number of guanidine groups is 1. The van der Waals surface area contributed by atoms with Crippen molar-refractivity contribution in [3.8, 4) is 0 Å². The molecule has 1 aromatic heterocycles. The molecule has 1 unspecified atom stereocenters. The third-order valence-electron chi connectivity index (χ3n) is 6.00. The van der Waals surface area contributed by atoms with Crippen LogP contribution in [0.5, 0.6) is 0 Å². The maximum atomic E-state index is 4.83. The Morgan fingerprint density at radius 1 is 1.22 bits per heavy atom. The fourth-order valence-corrected chi connectivity index (χ4v) is 4.39. The Hall–Kier alpha value is -0.830. The van der Waals surface area contributed by atoms with Crippen molar-refractivity contribution >= 4 is 29.9 Å². The van der Waals surface area contributed by atoms with E-state index >= 15 is 0 Å². The zero-order valence-corrected chi connectivity index (χ0v) is 19.8. The topological polar surface area (TPSA) is 57.5 Å². The van der Waals surface area contributed by atoms with E-state index in [1.807, 2.05) is 11.7 Å². The normalized spacial score (nSPS) is 21.5. The molecule has 0 bridgehead atoms. The quantitative estimate of drug-likeness (QED) is 0.367. The Bertz CT molecular complexity index is 620. The fraction of sp³-hybridized carbons (Fsp3) is 0.800. The van der Waals surface area contributed by atoms with E-state index in [0.29, 0.717) is 12.6 Å². The van der Waals surface area contributed by atoms with E-state index in [1.165, 1.54) is 56.5 Å². The molecule has 2 aliphatic rings. The lowest BCUT2D eigenvalue weighted by atomic mass is 10.1. The second-order valence-corrected chi connectivity index (χ2v) is 8.01. The van der Waals surface area contributed by atoms with Crippen molar-refractivity contribution in [1.82, 2.24) is 25.3 Å². The Labute approximate surface area is 181 Å². The van der Waals surface area contributed by atoms with Gasteiger partial charge in [-0.2, -0.15) is 5.10 Å². The molecular formula is C20H37IN6. The van der Waals surface area contributed by atoms with Gasteiger partial charge in [0.1, 0.15) is 0 Å². The monoisotopic (exact) mass is 488 g/mol. The van der Waals surface area contributed by atoms with Gasteiger partial charge in [-0.3, -0.25) is 4.68 Å². The number of hydrogen-bond donors (Lipinski definition) is 2. The highest BCUT2D eigenvalue weighted by molar-refractivity contribution is 14.0. The minimum atomic E-state index is 0. The summed E-state index contributed by atoms with van der Waals surface area (Å²) in [6.45, 7) is 11.5. The van der Waals surface area contributed by atoms with Crippen molar-refractivity contribution in [2.45, 2.75) is 65.5 Å². The Kier molecular flexibility index (Phi) is 8.85. The minimum Gasteiger partial charge on any atom is -0.357 e. The van der Waals surface area contributed by atoms with E-state index in [4.69, 9.17) is 4.99 Å². The summed E-state index contributed by atoms with van der Waals surface area (Å²) in [5.74, 6) is 1.87. The largest absolute Gasteiger partial charge is 0.357 e. The third-order valence-corrected chi connectivity index (χ3v) is 6.00. The van der Waals surface area contributed by atoms with Gasteiger partial charge in [-0.15, -0.1) is 24.0 Å². The molecule has 0 amide bonds. The second-order valence-electron chi connectivity index (χ2n) is 8.01. The first kappa shape index (κ1) is 22.5. The van der Waals surface area contributed by atoms with Crippen molar-refractivity contribution in [3.63, 3.8) is 0 Å². The maximum Gasteiger partial charge on any atom is 0.191 e. The van der Waals surface area contributed by atoms with Gasteiger partial charge in [0.05, 0.1) is 12.2 Å². The summed E-state index contributed by atoms with van der Waals surface area (Å²) in [6.07, 6.45) is 6.95. The van der Waals surface area contributed by atoms with Gasteiger partial charge in [0.25, 0.3) is 0 Å². The molecule has 1 aromatic rings. The Morgan fingerprint density at radius 2 is 1.96 bits per heavy atom. The molecule has 7 heteroatoms. The molecule has 1 saturated carbocycles. The van der Waals surface area contributed by atoms with Gasteiger partial charge < -0.3 is 15.5 Å². The number of nitrogens with zero attached hydrogens (tertiary/aromatic N) is 4. The highest BCUT2D eigenvalue weighted by atomic mass is 127. The summed E-state index contributed by atoms with van der Waals surface area (Å²) in [5, 5.41) is 11.6. The van der Waals surface area contributed by atoms with E-state index in [2.05, 4.69) is 41.4 Å². The van der Waals surface area contributed by atoms with Crippen LogP contribution in [0.25, 0.3) is 0 Å². The SMILES string of the molecule is CCNC(=NCc1c(C)nn(C)c1C)NC1CCN(CC2CCCC2)C1.I. The fourth-order valence-electron chi connectivity index (χ4n) is 4.39. The van der Waals surface area contributed by atoms with Gasteiger partial charge in [0.2, 0.25) is 0 Å². The molecule has 1 atom stereocenters. The highest BCUT2D eigenvalue weighted by Crippen LogP contribution is 2.26. The van der Waals surface area contributed by atoms with Gasteiger partial charge in [-0.25, -0.2) is 4.99 Å². The smallest absolute Gasteiger partial charge is 0.191 e. The number of nitrogens with one attached hydrogen (secondary N) is 2. The number of aliphatic imine (C=N–C) groups is 1. The number of aryl methyl sites for hydroxylation is 2. The van der Waals surface area contributed by atoms with E-state index in [1.54, 1.807) is 0 Å². The molecule has 1 saturated heterocycles. The van der Waals surface area contributed by atoms with Crippen molar-refractivity contribution < 1.29 is 0 Å². The molecule has 0 radical (unpaired) electrons. The maximum absolute atomic E-state index is 4.83. The van der Waals surface area contributed by atoms with Crippen LogP contribution in [0, 0.1) is 19.8 Å². The predicted octanol–water partition coefficient (Wildman–Crippen LogP) is 2.97. The van der Waals surface area contributed by atoms with Crippen molar-refractivity contribution in [1.29, 1.82) is 0 Å². The summed E-state index contributed by atoms with van der Waals surface area (Å²) in [6, 6.07) is 0.505. The molecule has 2 heterocycles. The van der Waals surface area contributed by atoms with Gasteiger partial charge >= 0.3 is 0 Å². The lowest BCUT2D eigenvalue weighted by molar-refractivity contribution is 0.275. The molecule has 0 aromatic carbocycles. The molecule has 3 rings (SSSR count). The average molecular weight is 488 g/mol. The van der Waals surface area contributed by atoms with Gasteiger partial charge in [-0.1, -0.05) is 12.8 Å². The summed E-state index contributed by atoms with van der Waals surface area (Å²) in [7, 11) is 2.00. The molecule has 1 aliphatic heterocycles. The third kappa shape index (κ3) is 6.07. The summed E-state index contributed by atoms with van der Waals surface area (Å²) < 4.78 is 1.94. The van der Waals surface area contributed by atoms with Crippen molar-refractivity contribution in [3.05, 3.63) is 17.0 Å². The molecule has 1 aliphatic carbocycles. The van der Waals surface area contributed by atoms with Crippen molar-refractivity contribution in [2.24, 2.45) is 18.0 Å². The Morgan fingerprint density at radius 3 is 2.59 bits per heavy atom. The van der Waals surface area contributed by atoms with Crippen LogP contribution < -0.4 is 10.6 Å². The Balaban J connectivity index is 0.00000261. The second kappa shape index (κ2) is 10.6.